The van der Waals surface area contributed by atoms with Gasteiger partial charge >= 0.3 is 6.09 Å². The van der Waals surface area contributed by atoms with Crippen molar-refractivity contribution in [2.75, 3.05) is 19.5 Å². The third-order valence-corrected chi connectivity index (χ3v) is 8.79. The van der Waals surface area contributed by atoms with Crippen LogP contribution in [0.1, 0.15) is 56.3 Å². The number of carboxylic acid groups (broad SMARTS) is 1. The summed E-state index contributed by atoms with van der Waals surface area (Å²) in [5, 5.41) is 9.83. The molecule has 202 valence electrons. The van der Waals surface area contributed by atoms with E-state index in [1.807, 2.05) is 12.1 Å². The first-order valence-electron chi connectivity index (χ1n) is 12.8. The zero-order chi connectivity index (χ0) is 26.4. The molecule has 1 aromatic carbocycles. The number of carbonyl (C=O) groups is 1. The first-order chi connectivity index (χ1) is 17.8. The molecule has 2 N–H and O–H groups in total. The Balaban J connectivity index is 1.33. The van der Waals surface area contributed by atoms with E-state index in [0.29, 0.717) is 24.5 Å². The molecule has 3 atom stereocenters. The highest BCUT2D eigenvalue weighted by Gasteiger charge is 2.44. The van der Waals surface area contributed by atoms with Crippen molar-refractivity contribution in [1.29, 1.82) is 0 Å². The minimum atomic E-state index is -3.64. The molecule has 11 heteroatoms. The van der Waals surface area contributed by atoms with Crippen LogP contribution in [0.15, 0.2) is 42.7 Å². The van der Waals surface area contributed by atoms with Gasteiger partial charge in [0.2, 0.25) is 10.0 Å². The van der Waals surface area contributed by atoms with Gasteiger partial charge in [-0.05, 0) is 69.2 Å². The van der Waals surface area contributed by atoms with Crippen LogP contribution in [0.5, 0.6) is 5.75 Å². The number of methoxy groups -OCH3 is 1. The van der Waals surface area contributed by atoms with Crippen LogP contribution in [0.4, 0.5) is 4.79 Å². The molecule has 0 unspecified atom stereocenters. The SMILES string of the molecule is COc1ccc(CCS(=O)(=O)N[C@H]2C[C@@H](C)N(C(=O)O)[C@H]2COC2CCC(c3ncccn3)CC2)cc1. The van der Waals surface area contributed by atoms with Crippen molar-refractivity contribution in [1.82, 2.24) is 19.6 Å². The predicted molar refractivity (Wildman–Crippen MR) is 138 cm³/mol. The number of aryl methyl sites for hydroxylation is 1. The van der Waals surface area contributed by atoms with Crippen LogP contribution in [0.25, 0.3) is 0 Å². The van der Waals surface area contributed by atoms with E-state index in [0.717, 1.165) is 37.1 Å². The molecule has 0 bridgehead atoms. The van der Waals surface area contributed by atoms with Crippen LogP contribution in [0.3, 0.4) is 0 Å². The fourth-order valence-corrected chi connectivity index (χ4v) is 6.73. The van der Waals surface area contributed by atoms with E-state index >= 15 is 0 Å². The molecule has 0 spiro atoms. The molecular formula is C26H36N4O6S. The Morgan fingerprint density at radius 2 is 1.81 bits per heavy atom. The average Bonchev–Trinajstić information content (AvgIpc) is 3.21. The Bertz CT molecular complexity index is 1120. The zero-order valence-electron chi connectivity index (χ0n) is 21.3. The van der Waals surface area contributed by atoms with Gasteiger partial charge in [0, 0.05) is 30.4 Å². The summed E-state index contributed by atoms with van der Waals surface area (Å²) in [7, 11) is -2.06. The number of sulfonamides is 1. The lowest BCUT2D eigenvalue weighted by molar-refractivity contribution is -0.00737. The summed E-state index contributed by atoms with van der Waals surface area (Å²) in [6.07, 6.45) is 6.66. The van der Waals surface area contributed by atoms with Crippen molar-refractivity contribution in [3.8, 4) is 5.75 Å². The summed E-state index contributed by atoms with van der Waals surface area (Å²) in [5.41, 5.74) is 0.884. The number of nitrogens with zero attached hydrogens (tertiary/aromatic N) is 3. The topological polar surface area (TPSA) is 131 Å². The molecular weight excluding hydrogens is 496 g/mol. The van der Waals surface area contributed by atoms with Crippen molar-refractivity contribution < 1.29 is 27.8 Å². The van der Waals surface area contributed by atoms with Crippen LogP contribution in [-0.2, 0) is 21.2 Å². The fraction of sp³-hybridized carbons (Fsp3) is 0.577. The summed E-state index contributed by atoms with van der Waals surface area (Å²) < 4.78 is 40.0. The van der Waals surface area contributed by atoms with Crippen molar-refractivity contribution in [3.05, 3.63) is 54.1 Å². The van der Waals surface area contributed by atoms with Gasteiger partial charge in [-0.2, -0.15) is 0 Å². The molecule has 4 rings (SSSR count). The van der Waals surface area contributed by atoms with E-state index in [-0.39, 0.29) is 24.5 Å². The monoisotopic (exact) mass is 532 g/mol. The van der Waals surface area contributed by atoms with E-state index in [1.54, 1.807) is 44.6 Å². The Kier molecular flexibility index (Phi) is 8.99. The lowest BCUT2D eigenvalue weighted by atomic mass is 9.87. The van der Waals surface area contributed by atoms with E-state index in [9.17, 15) is 18.3 Å². The summed E-state index contributed by atoms with van der Waals surface area (Å²) in [6.45, 7) is 1.96. The molecule has 37 heavy (non-hydrogen) atoms. The van der Waals surface area contributed by atoms with Crippen LogP contribution >= 0.6 is 0 Å². The average molecular weight is 533 g/mol. The maximum absolute atomic E-state index is 12.9. The van der Waals surface area contributed by atoms with Gasteiger partial charge in [-0.1, -0.05) is 12.1 Å². The molecule has 1 aliphatic carbocycles. The quantitative estimate of drug-likeness (QED) is 0.477. The number of amides is 1. The zero-order valence-corrected chi connectivity index (χ0v) is 22.1. The van der Waals surface area contributed by atoms with Gasteiger partial charge < -0.3 is 14.6 Å². The van der Waals surface area contributed by atoms with Crippen molar-refractivity contribution >= 4 is 16.1 Å². The van der Waals surface area contributed by atoms with E-state index < -0.39 is 28.2 Å². The molecule has 2 fully saturated rings. The molecule has 10 nitrogen and oxygen atoms in total. The Morgan fingerprint density at radius 1 is 1.14 bits per heavy atom. The highest BCUT2D eigenvalue weighted by molar-refractivity contribution is 7.89. The maximum Gasteiger partial charge on any atom is 0.407 e. The number of benzene rings is 1. The number of aromatic nitrogens is 2. The van der Waals surface area contributed by atoms with Crippen LogP contribution in [0, 0.1) is 0 Å². The first kappa shape index (κ1) is 27.3. The normalized spacial score (nSPS) is 26.2. The maximum atomic E-state index is 12.9. The molecule has 1 saturated heterocycles. The summed E-state index contributed by atoms with van der Waals surface area (Å²) in [4.78, 5) is 22.1. The van der Waals surface area contributed by atoms with Crippen molar-refractivity contribution in [2.45, 2.75) is 75.6 Å². The summed E-state index contributed by atoms with van der Waals surface area (Å²) in [5.74, 6) is 1.78. The second-order valence-corrected chi connectivity index (χ2v) is 11.8. The molecule has 2 heterocycles. The summed E-state index contributed by atoms with van der Waals surface area (Å²) in [6, 6.07) is 7.64. The van der Waals surface area contributed by atoms with E-state index in [4.69, 9.17) is 9.47 Å². The van der Waals surface area contributed by atoms with Crippen molar-refractivity contribution in [2.24, 2.45) is 0 Å². The predicted octanol–water partition coefficient (Wildman–Crippen LogP) is 3.20. The van der Waals surface area contributed by atoms with E-state index in [1.165, 1.54) is 4.90 Å². The summed E-state index contributed by atoms with van der Waals surface area (Å²) >= 11 is 0. The highest BCUT2D eigenvalue weighted by Crippen LogP contribution is 2.33. The van der Waals surface area contributed by atoms with E-state index in [2.05, 4.69) is 14.7 Å². The van der Waals surface area contributed by atoms with Crippen molar-refractivity contribution in [3.63, 3.8) is 0 Å². The second-order valence-electron chi connectivity index (χ2n) is 9.90. The molecule has 1 aromatic heterocycles. The lowest BCUT2D eigenvalue weighted by Gasteiger charge is -2.32. The number of ether oxygens (including phenoxy) is 2. The van der Waals surface area contributed by atoms with Crippen LogP contribution in [-0.4, -0.2) is 78.2 Å². The van der Waals surface area contributed by atoms with Gasteiger partial charge in [0.05, 0.1) is 31.6 Å². The fourth-order valence-electron chi connectivity index (χ4n) is 5.39. The largest absolute Gasteiger partial charge is 0.497 e. The first-order valence-corrected chi connectivity index (χ1v) is 14.4. The number of rotatable bonds is 10. The molecule has 1 amide bonds. The minimum Gasteiger partial charge on any atom is -0.497 e. The number of hydrogen-bond acceptors (Lipinski definition) is 7. The third-order valence-electron chi connectivity index (χ3n) is 7.39. The lowest BCUT2D eigenvalue weighted by Crippen LogP contribution is -2.50. The second kappa shape index (κ2) is 12.2. The number of likely N-dealkylation sites (tertiary alicyclic amines) is 1. The molecule has 1 aliphatic heterocycles. The van der Waals surface area contributed by atoms with Gasteiger partial charge in [-0.15, -0.1) is 0 Å². The Morgan fingerprint density at radius 3 is 2.43 bits per heavy atom. The molecule has 2 aliphatic rings. The van der Waals surface area contributed by atoms with Crippen LogP contribution < -0.4 is 9.46 Å². The Hall–Kier alpha value is -2.76. The standard InChI is InChI=1S/C26H36N4O6S/c1-18-16-23(29-37(33,34)15-12-19-4-8-21(35-2)9-5-19)24(30(18)26(31)32)17-36-22-10-6-20(7-11-22)25-27-13-3-14-28-25/h3-5,8-9,13-14,18,20,22-24,29H,6-7,10-12,15-17H2,1-2H3,(H,31,32)/t18-,20?,22?,23+,24+/m1/s1. The third kappa shape index (κ3) is 7.18. The van der Waals surface area contributed by atoms with Gasteiger partial charge in [0.25, 0.3) is 0 Å². The smallest absolute Gasteiger partial charge is 0.407 e. The minimum absolute atomic E-state index is 0.00107. The van der Waals surface area contributed by atoms with Gasteiger partial charge in [-0.3, -0.25) is 4.90 Å². The van der Waals surface area contributed by atoms with Crippen LogP contribution in [0.2, 0.25) is 0 Å². The molecule has 0 radical (unpaired) electrons. The molecule has 1 saturated carbocycles. The van der Waals surface area contributed by atoms with Gasteiger partial charge in [0.15, 0.2) is 0 Å². The number of hydrogen-bond donors (Lipinski definition) is 2. The van der Waals surface area contributed by atoms with Gasteiger partial charge in [0.1, 0.15) is 11.6 Å². The number of nitrogens with one attached hydrogen (secondary N) is 1. The molecule has 2 aromatic rings. The highest BCUT2D eigenvalue weighted by atomic mass is 32.2. The Labute approximate surface area is 218 Å². The van der Waals surface area contributed by atoms with Gasteiger partial charge in [-0.25, -0.2) is 27.9 Å².